The summed E-state index contributed by atoms with van der Waals surface area (Å²) in [6.45, 7) is 8.07. The second-order valence-corrected chi connectivity index (χ2v) is 9.81. The van der Waals surface area contributed by atoms with E-state index in [0.29, 0.717) is 19.3 Å². The lowest BCUT2D eigenvalue weighted by Gasteiger charge is -2.50. The Hall–Kier alpha value is -2.24. The summed E-state index contributed by atoms with van der Waals surface area (Å²) in [5.74, 6) is -4.45. The third-order valence-corrected chi connectivity index (χ3v) is 7.96. The Labute approximate surface area is 200 Å². The lowest BCUT2D eigenvalue weighted by molar-refractivity contribution is -0.159. The summed E-state index contributed by atoms with van der Waals surface area (Å²) in [6, 6.07) is -4.66. The number of aliphatic carboxylic acids is 4. The van der Waals surface area contributed by atoms with Gasteiger partial charge in [0.05, 0.1) is 0 Å². The molecule has 2 rings (SSSR count). The minimum atomic E-state index is -1.20. The molecular weight excluding hydrogens is 446 g/mol. The van der Waals surface area contributed by atoms with E-state index in [9.17, 15) is 39.6 Å². The van der Waals surface area contributed by atoms with Crippen LogP contribution in [0.1, 0.15) is 66.7 Å². The third kappa shape index (κ3) is 5.36. The molecule has 1 saturated carbocycles. The number of fused-ring (bicyclic) bond motifs is 1. The summed E-state index contributed by atoms with van der Waals surface area (Å²) in [6.07, 6.45) is 3.44. The van der Waals surface area contributed by atoms with E-state index in [4.69, 9.17) is 0 Å². The Morgan fingerprint density at radius 1 is 0.765 bits per heavy atom. The molecule has 1 saturated heterocycles. The van der Waals surface area contributed by atoms with Crippen molar-refractivity contribution in [2.45, 2.75) is 109 Å². The van der Waals surface area contributed by atoms with E-state index in [1.807, 2.05) is 16.7 Å². The van der Waals surface area contributed by atoms with Crippen LogP contribution in [-0.4, -0.2) is 114 Å². The number of hydrogen-bond donors (Lipinski definition) is 4. The number of carbonyl (C=O) groups is 4. The summed E-state index contributed by atoms with van der Waals surface area (Å²) in [5, 5.41) is 39.6. The van der Waals surface area contributed by atoms with Gasteiger partial charge >= 0.3 is 23.9 Å². The van der Waals surface area contributed by atoms with Crippen LogP contribution in [0, 0.1) is 0 Å². The quantitative estimate of drug-likeness (QED) is 0.353. The maximum absolute atomic E-state index is 12.1. The highest BCUT2D eigenvalue weighted by Gasteiger charge is 2.54. The SMILES string of the molecule is CCC1(N(C(C)C(=O)O)C(C)C(=O)O)CN(C(C)C(=O)O)C2CCCCC2N(C(C)C(=O)O)C1. The van der Waals surface area contributed by atoms with E-state index in [1.54, 1.807) is 13.8 Å². The molecule has 6 atom stereocenters. The van der Waals surface area contributed by atoms with Crippen molar-refractivity contribution >= 4 is 23.9 Å². The molecule has 0 aromatic heterocycles. The fourth-order valence-electron chi connectivity index (χ4n) is 5.93. The van der Waals surface area contributed by atoms with E-state index in [2.05, 4.69) is 0 Å². The molecule has 0 aromatic carbocycles. The lowest BCUT2D eigenvalue weighted by atomic mass is 9.87. The number of carboxylic acid groups (broad SMARTS) is 4. The zero-order valence-electron chi connectivity index (χ0n) is 20.7. The second-order valence-electron chi connectivity index (χ2n) is 9.81. The average Bonchev–Trinajstić information content (AvgIpc) is 2.93. The Morgan fingerprint density at radius 3 is 1.38 bits per heavy atom. The highest BCUT2D eigenvalue weighted by Crippen LogP contribution is 2.39. The van der Waals surface area contributed by atoms with E-state index in [0.717, 1.165) is 12.8 Å². The topological polar surface area (TPSA) is 159 Å². The van der Waals surface area contributed by atoms with Crippen molar-refractivity contribution in [2.75, 3.05) is 13.1 Å². The van der Waals surface area contributed by atoms with Crippen LogP contribution >= 0.6 is 0 Å². The number of rotatable bonds is 10. The smallest absolute Gasteiger partial charge is 0.320 e. The molecule has 0 aromatic rings. The largest absolute Gasteiger partial charge is 0.480 e. The highest BCUT2D eigenvalue weighted by molar-refractivity contribution is 5.77. The molecule has 0 bridgehead atoms. The number of hydrogen-bond acceptors (Lipinski definition) is 7. The van der Waals surface area contributed by atoms with Gasteiger partial charge in [-0.2, -0.15) is 0 Å². The Morgan fingerprint density at radius 2 is 1.12 bits per heavy atom. The van der Waals surface area contributed by atoms with Gasteiger partial charge in [0, 0.05) is 30.7 Å². The summed E-state index contributed by atoms with van der Waals surface area (Å²) >= 11 is 0. The van der Waals surface area contributed by atoms with Crippen LogP contribution in [-0.2, 0) is 19.2 Å². The molecule has 34 heavy (non-hydrogen) atoms. The maximum Gasteiger partial charge on any atom is 0.320 e. The molecule has 194 valence electrons. The van der Waals surface area contributed by atoms with Crippen LogP contribution in [0.4, 0.5) is 0 Å². The molecule has 1 aliphatic heterocycles. The summed E-state index contributed by atoms with van der Waals surface area (Å²) in [4.78, 5) is 53.6. The molecule has 0 amide bonds. The minimum Gasteiger partial charge on any atom is -0.480 e. The van der Waals surface area contributed by atoms with E-state index < -0.39 is 53.6 Å². The van der Waals surface area contributed by atoms with Crippen molar-refractivity contribution in [3.63, 3.8) is 0 Å². The van der Waals surface area contributed by atoms with Crippen molar-refractivity contribution in [3.05, 3.63) is 0 Å². The van der Waals surface area contributed by atoms with Gasteiger partial charge in [0.25, 0.3) is 0 Å². The second kappa shape index (κ2) is 11.0. The predicted molar refractivity (Wildman–Crippen MR) is 123 cm³/mol. The van der Waals surface area contributed by atoms with Crippen LogP contribution in [0.15, 0.2) is 0 Å². The van der Waals surface area contributed by atoms with Gasteiger partial charge in [-0.15, -0.1) is 0 Å². The molecular formula is C23H39N3O8. The third-order valence-electron chi connectivity index (χ3n) is 7.96. The minimum absolute atomic E-state index is 0.121. The average molecular weight is 486 g/mol. The first-order chi connectivity index (χ1) is 15.8. The van der Waals surface area contributed by atoms with Crippen LogP contribution in [0.3, 0.4) is 0 Å². The fraction of sp³-hybridized carbons (Fsp3) is 0.826. The van der Waals surface area contributed by atoms with Gasteiger partial charge in [-0.3, -0.25) is 33.9 Å². The first-order valence-electron chi connectivity index (χ1n) is 12.0. The van der Waals surface area contributed by atoms with E-state index in [1.165, 1.54) is 18.7 Å². The molecule has 1 heterocycles. The van der Waals surface area contributed by atoms with Crippen LogP contribution < -0.4 is 0 Å². The molecule has 2 aliphatic rings. The van der Waals surface area contributed by atoms with Gasteiger partial charge in [-0.05, 0) is 47.0 Å². The van der Waals surface area contributed by atoms with Crippen LogP contribution in [0.25, 0.3) is 0 Å². The Bertz CT molecular complexity index is 732. The fourth-order valence-corrected chi connectivity index (χ4v) is 5.93. The Balaban J connectivity index is 2.78. The lowest BCUT2D eigenvalue weighted by Crippen LogP contribution is -2.68. The van der Waals surface area contributed by atoms with Gasteiger partial charge in [0.2, 0.25) is 0 Å². The monoisotopic (exact) mass is 485 g/mol. The van der Waals surface area contributed by atoms with Crippen LogP contribution in [0.5, 0.6) is 0 Å². The predicted octanol–water partition coefficient (Wildman–Crippen LogP) is 1.26. The van der Waals surface area contributed by atoms with Gasteiger partial charge in [0.15, 0.2) is 0 Å². The standard InChI is InChI=1S/C23H39N3O8/c1-6-23(26(15(4)21(31)32)16(5)22(33)34)11-24(13(2)19(27)28)17-9-7-8-10-18(17)25(12-23)14(3)20(29)30/h13-18H,6-12H2,1-5H3,(H,27,28)(H,29,30)(H,31,32)(H,33,34). The number of nitrogens with zero attached hydrogens (tertiary/aromatic N) is 3. The summed E-state index contributed by atoms with van der Waals surface area (Å²) < 4.78 is 0. The highest BCUT2D eigenvalue weighted by atomic mass is 16.4. The number of carboxylic acids is 4. The van der Waals surface area contributed by atoms with Crippen molar-refractivity contribution in [1.82, 2.24) is 14.7 Å². The molecule has 11 nitrogen and oxygen atoms in total. The summed E-state index contributed by atoms with van der Waals surface area (Å²) in [7, 11) is 0. The molecule has 6 unspecified atom stereocenters. The maximum atomic E-state index is 12.1. The zero-order valence-corrected chi connectivity index (χ0v) is 20.7. The first-order valence-corrected chi connectivity index (χ1v) is 12.0. The molecule has 0 radical (unpaired) electrons. The van der Waals surface area contributed by atoms with E-state index in [-0.39, 0.29) is 25.2 Å². The van der Waals surface area contributed by atoms with Crippen molar-refractivity contribution in [2.24, 2.45) is 0 Å². The van der Waals surface area contributed by atoms with Gasteiger partial charge in [0.1, 0.15) is 24.2 Å². The van der Waals surface area contributed by atoms with Crippen molar-refractivity contribution in [3.8, 4) is 0 Å². The van der Waals surface area contributed by atoms with Gasteiger partial charge in [-0.25, -0.2) is 0 Å². The van der Waals surface area contributed by atoms with Crippen molar-refractivity contribution in [1.29, 1.82) is 0 Å². The normalized spacial score (nSPS) is 29.9. The molecule has 0 spiro atoms. The van der Waals surface area contributed by atoms with Crippen LogP contribution in [0.2, 0.25) is 0 Å². The molecule has 2 fully saturated rings. The van der Waals surface area contributed by atoms with Crippen molar-refractivity contribution < 1.29 is 39.6 Å². The summed E-state index contributed by atoms with van der Waals surface area (Å²) in [5.41, 5.74) is -1.11. The van der Waals surface area contributed by atoms with E-state index >= 15 is 0 Å². The molecule has 1 aliphatic carbocycles. The zero-order chi connectivity index (χ0) is 26.0. The molecule has 4 N–H and O–H groups in total. The van der Waals surface area contributed by atoms with Gasteiger partial charge in [-0.1, -0.05) is 19.8 Å². The Kier molecular flexibility index (Phi) is 9.06. The van der Waals surface area contributed by atoms with Gasteiger partial charge < -0.3 is 20.4 Å². The molecule has 11 heteroatoms. The first kappa shape index (κ1) is 28.0.